The molecule has 1 amide bonds. The third kappa shape index (κ3) is 2.64. The third-order valence-electron chi connectivity index (χ3n) is 4.84. The Balaban J connectivity index is 1.79. The summed E-state index contributed by atoms with van der Waals surface area (Å²) < 4.78 is 0. The molecule has 0 radical (unpaired) electrons. The molecule has 1 aliphatic carbocycles. The fourth-order valence-corrected chi connectivity index (χ4v) is 3.54. The molecule has 0 spiro atoms. The number of carbonyl (C=O) groups excluding carboxylic acids is 1. The normalized spacial score (nSPS) is 23.6. The molecule has 1 aliphatic heterocycles. The van der Waals surface area contributed by atoms with Crippen molar-refractivity contribution in [3.05, 3.63) is 29.8 Å². The van der Waals surface area contributed by atoms with E-state index in [1.807, 2.05) is 24.3 Å². The van der Waals surface area contributed by atoms with E-state index in [2.05, 4.69) is 23.9 Å². The zero-order chi connectivity index (χ0) is 15.0. The van der Waals surface area contributed by atoms with E-state index in [9.17, 15) is 4.79 Å². The molecule has 4 nitrogen and oxygen atoms in total. The maximum atomic E-state index is 13.1. The Bertz CT molecular complexity index is 519. The number of anilines is 1. The van der Waals surface area contributed by atoms with Gasteiger partial charge in [0.05, 0.1) is 5.41 Å². The van der Waals surface area contributed by atoms with Crippen LogP contribution in [0, 0.1) is 0 Å². The van der Waals surface area contributed by atoms with Crippen molar-refractivity contribution in [1.82, 2.24) is 9.80 Å². The van der Waals surface area contributed by atoms with Gasteiger partial charge in [-0.15, -0.1) is 0 Å². The average Bonchev–Trinajstić information content (AvgIpc) is 3.13. The van der Waals surface area contributed by atoms with Crippen LogP contribution in [0.4, 0.5) is 5.69 Å². The van der Waals surface area contributed by atoms with E-state index in [4.69, 9.17) is 5.73 Å². The SMILES string of the molecule is CN(C)CC1CCCN1C(=O)C1(c2ccc(N)cc2)CC1. The highest BCUT2D eigenvalue weighted by Crippen LogP contribution is 2.50. The van der Waals surface area contributed by atoms with Gasteiger partial charge in [0, 0.05) is 24.8 Å². The number of rotatable bonds is 4. The Morgan fingerprint density at radius 1 is 1.33 bits per heavy atom. The lowest BCUT2D eigenvalue weighted by atomic mass is 9.93. The topological polar surface area (TPSA) is 49.6 Å². The Kier molecular flexibility index (Phi) is 3.66. The van der Waals surface area contributed by atoms with E-state index in [-0.39, 0.29) is 5.41 Å². The van der Waals surface area contributed by atoms with Gasteiger partial charge in [0.15, 0.2) is 0 Å². The molecule has 114 valence electrons. The number of carbonyl (C=O) groups is 1. The molecule has 2 fully saturated rings. The summed E-state index contributed by atoms with van der Waals surface area (Å²) in [6.45, 7) is 1.87. The van der Waals surface area contributed by atoms with Crippen molar-refractivity contribution in [1.29, 1.82) is 0 Å². The first-order chi connectivity index (χ1) is 10.0. The van der Waals surface area contributed by atoms with Crippen LogP contribution in [0.3, 0.4) is 0 Å². The highest BCUT2D eigenvalue weighted by molar-refractivity contribution is 5.91. The second kappa shape index (κ2) is 5.34. The van der Waals surface area contributed by atoms with Crippen molar-refractivity contribution in [3.8, 4) is 0 Å². The van der Waals surface area contributed by atoms with Crippen molar-refractivity contribution in [3.63, 3.8) is 0 Å². The monoisotopic (exact) mass is 287 g/mol. The fraction of sp³-hybridized carbons (Fsp3) is 0.588. The molecular weight excluding hydrogens is 262 g/mol. The largest absolute Gasteiger partial charge is 0.399 e. The first kappa shape index (κ1) is 14.4. The quantitative estimate of drug-likeness (QED) is 0.860. The van der Waals surface area contributed by atoms with E-state index in [1.165, 1.54) is 0 Å². The summed E-state index contributed by atoms with van der Waals surface area (Å²) in [4.78, 5) is 17.4. The molecule has 0 aromatic heterocycles. The lowest BCUT2D eigenvalue weighted by Crippen LogP contribution is -2.46. The van der Waals surface area contributed by atoms with Crippen molar-refractivity contribution in [2.45, 2.75) is 37.1 Å². The van der Waals surface area contributed by atoms with Crippen molar-refractivity contribution in [2.24, 2.45) is 0 Å². The van der Waals surface area contributed by atoms with Gasteiger partial charge >= 0.3 is 0 Å². The zero-order valence-corrected chi connectivity index (χ0v) is 13.0. The van der Waals surface area contributed by atoms with E-state index in [0.717, 1.165) is 50.0 Å². The Hall–Kier alpha value is -1.55. The van der Waals surface area contributed by atoms with Crippen LogP contribution < -0.4 is 5.73 Å². The van der Waals surface area contributed by atoms with Crippen LogP contribution in [0.1, 0.15) is 31.2 Å². The average molecular weight is 287 g/mol. The predicted molar refractivity (Wildman–Crippen MR) is 85.1 cm³/mol. The van der Waals surface area contributed by atoms with Gasteiger partial charge in [-0.3, -0.25) is 4.79 Å². The van der Waals surface area contributed by atoms with Gasteiger partial charge in [0.25, 0.3) is 0 Å². The Labute approximate surface area is 126 Å². The van der Waals surface area contributed by atoms with Crippen LogP contribution in [-0.4, -0.2) is 48.9 Å². The predicted octanol–water partition coefficient (Wildman–Crippen LogP) is 1.85. The molecule has 1 heterocycles. The summed E-state index contributed by atoms with van der Waals surface area (Å²) in [6, 6.07) is 8.24. The minimum Gasteiger partial charge on any atom is -0.399 e. The fourth-order valence-electron chi connectivity index (χ4n) is 3.54. The highest BCUT2D eigenvalue weighted by atomic mass is 16.2. The molecule has 2 N–H and O–H groups in total. The first-order valence-electron chi connectivity index (χ1n) is 7.85. The summed E-state index contributed by atoms with van der Waals surface area (Å²) in [6.07, 6.45) is 4.20. The zero-order valence-electron chi connectivity index (χ0n) is 13.0. The standard InChI is InChI=1S/C17H25N3O/c1-19(2)12-15-4-3-11-20(15)16(21)17(9-10-17)13-5-7-14(18)8-6-13/h5-8,15H,3-4,9-12,18H2,1-2H3. The van der Waals surface area contributed by atoms with Crippen LogP contribution in [-0.2, 0) is 10.2 Å². The molecule has 1 aromatic rings. The number of nitrogens with two attached hydrogens (primary N) is 1. The summed E-state index contributed by atoms with van der Waals surface area (Å²) in [5.41, 5.74) is 7.40. The molecule has 0 bridgehead atoms. The highest BCUT2D eigenvalue weighted by Gasteiger charge is 2.54. The number of hydrogen-bond donors (Lipinski definition) is 1. The minimum absolute atomic E-state index is 0.261. The molecule has 1 unspecified atom stereocenters. The molecule has 1 atom stereocenters. The number of nitrogen functional groups attached to an aromatic ring is 1. The van der Waals surface area contributed by atoms with Crippen LogP contribution in [0.5, 0.6) is 0 Å². The summed E-state index contributed by atoms with van der Waals surface area (Å²) in [5, 5.41) is 0. The second-order valence-electron chi connectivity index (χ2n) is 6.76. The number of likely N-dealkylation sites (tertiary alicyclic amines) is 1. The molecule has 1 saturated carbocycles. The van der Waals surface area contributed by atoms with Gasteiger partial charge in [0.1, 0.15) is 0 Å². The lowest BCUT2D eigenvalue weighted by molar-refractivity contribution is -0.135. The van der Waals surface area contributed by atoms with Gasteiger partial charge in [-0.25, -0.2) is 0 Å². The molecule has 3 rings (SSSR count). The maximum Gasteiger partial charge on any atom is 0.233 e. The van der Waals surface area contributed by atoms with Crippen LogP contribution in [0.15, 0.2) is 24.3 Å². The first-order valence-corrected chi connectivity index (χ1v) is 7.85. The summed E-state index contributed by atoms with van der Waals surface area (Å²) in [7, 11) is 4.15. The van der Waals surface area contributed by atoms with E-state index >= 15 is 0 Å². The molecule has 2 aliphatic rings. The smallest absolute Gasteiger partial charge is 0.233 e. The Morgan fingerprint density at radius 3 is 2.57 bits per heavy atom. The molecule has 4 heteroatoms. The molecule has 1 saturated heterocycles. The summed E-state index contributed by atoms with van der Waals surface area (Å²) in [5.74, 6) is 0.330. The van der Waals surface area contributed by atoms with Crippen molar-refractivity contribution >= 4 is 11.6 Å². The lowest BCUT2D eigenvalue weighted by Gasteiger charge is -2.31. The van der Waals surface area contributed by atoms with Gasteiger partial charge in [0.2, 0.25) is 5.91 Å². The summed E-state index contributed by atoms with van der Waals surface area (Å²) >= 11 is 0. The van der Waals surface area contributed by atoms with Gasteiger partial charge in [-0.2, -0.15) is 0 Å². The van der Waals surface area contributed by atoms with Gasteiger partial charge < -0.3 is 15.5 Å². The van der Waals surface area contributed by atoms with Crippen LogP contribution in [0.25, 0.3) is 0 Å². The molecule has 1 aromatic carbocycles. The molecular formula is C17H25N3O. The Morgan fingerprint density at radius 2 is 2.00 bits per heavy atom. The second-order valence-corrected chi connectivity index (χ2v) is 6.76. The van der Waals surface area contributed by atoms with E-state index < -0.39 is 0 Å². The minimum atomic E-state index is -0.261. The number of likely N-dealkylation sites (N-methyl/N-ethyl adjacent to an activating group) is 1. The van der Waals surface area contributed by atoms with Crippen LogP contribution in [0.2, 0.25) is 0 Å². The van der Waals surface area contributed by atoms with Crippen LogP contribution >= 0.6 is 0 Å². The van der Waals surface area contributed by atoms with Gasteiger partial charge in [-0.05, 0) is 57.5 Å². The van der Waals surface area contributed by atoms with Gasteiger partial charge in [-0.1, -0.05) is 12.1 Å². The molecule has 21 heavy (non-hydrogen) atoms. The van der Waals surface area contributed by atoms with Crippen molar-refractivity contribution in [2.75, 3.05) is 32.9 Å². The van der Waals surface area contributed by atoms with E-state index in [0.29, 0.717) is 11.9 Å². The van der Waals surface area contributed by atoms with E-state index in [1.54, 1.807) is 0 Å². The third-order valence-corrected chi connectivity index (χ3v) is 4.84. The number of benzene rings is 1. The number of amides is 1. The number of hydrogen-bond acceptors (Lipinski definition) is 3. The maximum absolute atomic E-state index is 13.1. The number of nitrogens with zero attached hydrogens (tertiary/aromatic N) is 2. The van der Waals surface area contributed by atoms with Crippen molar-refractivity contribution < 1.29 is 4.79 Å².